The van der Waals surface area contributed by atoms with Gasteiger partial charge in [-0.1, -0.05) is 12.1 Å². The summed E-state index contributed by atoms with van der Waals surface area (Å²) >= 11 is 0. The van der Waals surface area contributed by atoms with E-state index in [1.807, 2.05) is 0 Å². The van der Waals surface area contributed by atoms with E-state index in [1.54, 1.807) is 41.3 Å². The zero-order chi connectivity index (χ0) is 22.3. The summed E-state index contributed by atoms with van der Waals surface area (Å²) in [6.45, 7) is 1.57. The SMILES string of the molecule is COCC(=O)N(Cc1ccc(OS(=O)(=O)c2ccc(OC)cc2)cc1)C[C@H]1CCCO1. The number of carbonyl (C=O) groups is 1. The molecule has 1 saturated heterocycles. The van der Waals surface area contributed by atoms with Gasteiger partial charge in [0.25, 0.3) is 0 Å². The van der Waals surface area contributed by atoms with Gasteiger partial charge in [-0.15, -0.1) is 0 Å². The van der Waals surface area contributed by atoms with Gasteiger partial charge in [0.05, 0.1) is 13.2 Å². The number of ether oxygens (including phenoxy) is 3. The summed E-state index contributed by atoms with van der Waals surface area (Å²) in [6.07, 6.45) is 1.94. The number of hydrogen-bond acceptors (Lipinski definition) is 7. The maximum absolute atomic E-state index is 12.5. The fraction of sp³-hybridized carbons (Fsp3) is 0.409. The summed E-state index contributed by atoms with van der Waals surface area (Å²) in [5.74, 6) is 0.618. The van der Waals surface area contributed by atoms with Gasteiger partial charge in [0, 0.05) is 26.8 Å². The molecular formula is C22H27NO7S. The summed E-state index contributed by atoms with van der Waals surface area (Å²) in [4.78, 5) is 14.2. The lowest BCUT2D eigenvalue weighted by atomic mass is 10.1. The van der Waals surface area contributed by atoms with Gasteiger partial charge in [0.2, 0.25) is 5.91 Å². The highest BCUT2D eigenvalue weighted by Gasteiger charge is 2.23. The Bertz CT molecular complexity index is 952. The maximum Gasteiger partial charge on any atom is 0.339 e. The Kier molecular flexibility index (Phi) is 7.89. The number of nitrogens with zero attached hydrogens (tertiary/aromatic N) is 1. The molecule has 2 aromatic rings. The predicted octanol–water partition coefficient (Wildman–Crippen LogP) is 2.62. The molecule has 8 nitrogen and oxygen atoms in total. The Morgan fingerprint density at radius 3 is 2.32 bits per heavy atom. The van der Waals surface area contributed by atoms with Gasteiger partial charge in [-0.05, 0) is 54.8 Å². The van der Waals surface area contributed by atoms with Crippen LogP contribution < -0.4 is 8.92 Å². The van der Waals surface area contributed by atoms with Crippen LogP contribution in [-0.4, -0.2) is 59.3 Å². The van der Waals surface area contributed by atoms with Crippen LogP contribution in [0.3, 0.4) is 0 Å². The van der Waals surface area contributed by atoms with Crippen LogP contribution >= 0.6 is 0 Å². The molecule has 1 aliphatic rings. The van der Waals surface area contributed by atoms with Crippen molar-refractivity contribution in [1.82, 2.24) is 4.90 Å². The van der Waals surface area contributed by atoms with Crippen LogP contribution in [0.15, 0.2) is 53.4 Å². The molecule has 1 amide bonds. The fourth-order valence-electron chi connectivity index (χ4n) is 3.29. The van der Waals surface area contributed by atoms with Crippen molar-refractivity contribution < 1.29 is 31.6 Å². The summed E-state index contributed by atoms with van der Waals surface area (Å²) in [6, 6.07) is 12.6. The summed E-state index contributed by atoms with van der Waals surface area (Å²) in [5.41, 5.74) is 0.844. The molecular weight excluding hydrogens is 422 g/mol. The molecule has 1 aliphatic heterocycles. The van der Waals surface area contributed by atoms with Crippen molar-refractivity contribution in [2.24, 2.45) is 0 Å². The van der Waals surface area contributed by atoms with Gasteiger partial charge in [0.1, 0.15) is 23.0 Å². The van der Waals surface area contributed by atoms with E-state index in [0.717, 1.165) is 18.4 Å². The van der Waals surface area contributed by atoms with E-state index in [9.17, 15) is 13.2 Å². The minimum atomic E-state index is -3.96. The van der Waals surface area contributed by atoms with Crippen molar-refractivity contribution in [3.63, 3.8) is 0 Å². The van der Waals surface area contributed by atoms with Crippen molar-refractivity contribution >= 4 is 16.0 Å². The van der Waals surface area contributed by atoms with Crippen molar-refractivity contribution in [3.05, 3.63) is 54.1 Å². The third-order valence-corrected chi connectivity index (χ3v) is 6.18. The molecule has 0 spiro atoms. The third-order valence-electron chi connectivity index (χ3n) is 4.92. The smallest absolute Gasteiger partial charge is 0.339 e. The number of rotatable bonds is 10. The Morgan fingerprint density at radius 1 is 1.06 bits per heavy atom. The Balaban J connectivity index is 1.66. The zero-order valence-corrected chi connectivity index (χ0v) is 18.5. The lowest BCUT2D eigenvalue weighted by Gasteiger charge is -2.25. The van der Waals surface area contributed by atoms with E-state index in [2.05, 4.69) is 0 Å². The van der Waals surface area contributed by atoms with Crippen LogP contribution in [0, 0.1) is 0 Å². The quantitative estimate of drug-likeness (QED) is 0.515. The molecule has 2 aromatic carbocycles. The first-order chi connectivity index (χ1) is 14.9. The lowest BCUT2D eigenvalue weighted by Crippen LogP contribution is -2.38. The molecule has 1 atom stereocenters. The van der Waals surface area contributed by atoms with E-state index >= 15 is 0 Å². The molecule has 168 valence electrons. The van der Waals surface area contributed by atoms with Crippen LogP contribution in [0.4, 0.5) is 0 Å². The normalized spacial score (nSPS) is 16.1. The molecule has 0 saturated carbocycles. The lowest BCUT2D eigenvalue weighted by molar-refractivity contribution is -0.137. The number of benzene rings is 2. The zero-order valence-electron chi connectivity index (χ0n) is 17.7. The topological polar surface area (TPSA) is 91.4 Å². The Labute approximate surface area is 182 Å². The summed E-state index contributed by atoms with van der Waals surface area (Å²) < 4.78 is 45.9. The van der Waals surface area contributed by atoms with Gasteiger partial charge in [-0.3, -0.25) is 4.79 Å². The first-order valence-corrected chi connectivity index (χ1v) is 11.4. The Morgan fingerprint density at radius 2 is 1.74 bits per heavy atom. The average Bonchev–Trinajstić information content (AvgIpc) is 3.28. The molecule has 0 bridgehead atoms. The average molecular weight is 450 g/mol. The van der Waals surface area contributed by atoms with Crippen LogP contribution in [0.5, 0.6) is 11.5 Å². The molecule has 3 rings (SSSR count). The second-order valence-corrected chi connectivity index (χ2v) is 8.75. The molecule has 1 heterocycles. The van der Waals surface area contributed by atoms with E-state index in [4.69, 9.17) is 18.4 Å². The predicted molar refractivity (Wildman–Crippen MR) is 114 cm³/mol. The highest BCUT2D eigenvalue weighted by molar-refractivity contribution is 7.87. The molecule has 0 aliphatic carbocycles. The summed E-state index contributed by atoms with van der Waals surface area (Å²) in [5, 5.41) is 0. The van der Waals surface area contributed by atoms with Gasteiger partial charge in [0.15, 0.2) is 0 Å². The minimum absolute atomic E-state index is 0.00593. The number of amides is 1. The highest BCUT2D eigenvalue weighted by Crippen LogP contribution is 2.22. The van der Waals surface area contributed by atoms with E-state index in [1.165, 1.54) is 26.4 Å². The monoisotopic (exact) mass is 449 g/mol. The van der Waals surface area contributed by atoms with Crippen LogP contribution in [-0.2, 0) is 30.9 Å². The first-order valence-electron chi connectivity index (χ1n) is 9.97. The van der Waals surface area contributed by atoms with Crippen LogP contribution in [0.2, 0.25) is 0 Å². The van der Waals surface area contributed by atoms with Crippen molar-refractivity contribution in [3.8, 4) is 11.5 Å². The van der Waals surface area contributed by atoms with E-state index in [-0.39, 0.29) is 29.3 Å². The highest BCUT2D eigenvalue weighted by atomic mass is 32.2. The molecule has 9 heteroatoms. The number of carbonyl (C=O) groups excluding carboxylic acids is 1. The second kappa shape index (κ2) is 10.6. The molecule has 0 N–H and O–H groups in total. The van der Waals surface area contributed by atoms with Gasteiger partial charge < -0.3 is 23.3 Å². The largest absolute Gasteiger partial charge is 0.497 e. The van der Waals surface area contributed by atoms with Crippen LogP contribution in [0.1, 0.15) is 18.4 Å². The second-order valence-electron chi connectivity index (χ2n) is 7.20. The van der Waals surface area contributed by atoms with Crippen molar-refractivity contribution in [1.29, 1.82) is 0 Å². The molecule has 31 heavy (non-hydrogen) atoms. The molecule has 0 radical (unpaired) electrons. The molecule has 1 fully saturated rings. The molecule has 0 aromatic heterocycles. The first kappa shape index (κ1) is 23.1. The fourth-order valence-corrected chi connectivity index (χ4v) is 4.22. The van der Waals surface area contributed by atoms with Crippen molar-refractivity contribution in [2.75, 3.05) is 34.0 Å². The van der Waals surface area contributed by atoms with E-state index < -0.39 is 10.1 Å². The van der Waals surface area contributed by atoms with E-state index in [0.29, 0.717) is 25.4 Å². The van der Waals surface area contributed by atoms with Gasteiger partial charge in [-0.2, -0.15) is 8.42 Å². The van der Waals surface area contributed by atoms with Crippen LogP contribution in [0.25, 0.3) is 0 Å². The molecule has 0 unspecified atom stereocenters. The number of hydrogen-bond donors (Lipinski definition) is 0. The standard InChI is InChI=1S/C22H27NO7S/c1-27-16-22(24)23(15-20-4-3-13-29-20)14-17-5-7-19(8-6-17)30-31(25,26)21-11-9-18(28-2)10-12-21/h5-12,20H,3-4,13-16H2,1-2H3/t20-/m1/s1. The van der Waals surface area contributed by atoms with Gasteiger partial charge >= 0.3 is 10.1 Å². The maximum atomic E-state index is 12.5. The minimum Gasteiger partial charge on any atom is -0.497 e. The summed E-state index contributed by atoms with van der Waals surface area (Å²) in [7, 11) is -0.974. The number of methoxy groups -OCH3 is 2. The third kappa shape index (κ3) is 6.43. The van der Waals surface area contributed by atoms with Gasteiger partial charge in [-0.25, -0.2) is 0 Å². The van der Waals surface area contributed by atoms with Crippen molar-refractivity contribution in [2.45, 2.75) is 30.4 Å². The Hall–Kier alpha value is -2.62.